The van der Waals surface area contributed by atoms with E-state index in [1.807, 2.05) is 48.9 Å². The number of nitrogens with one attached hydrogen (secondary N) is 2. The van der Waals surface area contributed by atoms with E-state index in [0.29, 0.717) is 0 Å². The second-order valence-corrected chi connectivity index (χ2v) is 6.85. The van der Waals surface area contributed by atoms with E-state index in [1.165, 1.54) is 5.56 Å². The molecule has 5 heteroatoms. The number of benzene rings is 2. The van der Waals surface area contributed by atoms with Crippen molar-refractivity contribution in [2.75, 3.05) is 11.9 Å². The van der Waals surface area contributed by atoms with Crippen molar-refractivity contribution in [2.45, 2.75) is 33.7 Å². The zero-order valence-electron chi connectivity index (χ0n) is 16.3. The normalized spacial score (nSPS) is 12.0. The summed E-state index contributed by atoms with van der Waals surface area (Å²) in [5.41, 5.74) is 5.84. The van der Waals surface area contributed by atoms with Crippen LogP contribution in [-0.4, -0.2) is 22.2 Å². The number of hydrogen-bond donors (Lipinski definition) is 2. The Morgan fingerprint density at radius 3 is 2.37 bits per heavy atom. The van der Waals surface area contributed by atoms with Crippen molar-refractivity contribution in [2.24, 2.45) is 0 Å². The highest BCUT2D eigenvalue weighted by atomic mass is 16.1. The average Bonchev–Trinajstić information content (AvgIpc) is 2.95. The van der Waals surface area contributed by atoms with E-state index in [4.69, 9.17) is 0 Å². The van der Waals surface area contributed by atoms with Gasteiger partial charge in [-0.15, -0.1) is 0 Å². The molecule has 1 amide bonds. The van der Waals surface area contributed by atoms with Gasteiger partial charge in [0.05, 0.1) is 29.3 Å². The quantitative estimate of drug-likeness (QED) is 0.694. The van der Waals surface area contributed by atoms with Crippen LogP contribution in [0.15, 0.2) is 54.6 Å². The van der Waals surface area contributed by atoms with Crippen LogP contribution in [0.4, 0.5) is 5.69 Å². The maximum atomic E-state index is 12.4. The summed E-state index contributed by atoms with van der Waals surface area (Å²) in [6, 6.07) is 18.4. The van der Waals surface area contributed by atoms with Gasteiger partial charge in [-0.25, -0.2) is 4.68 Å². The van der Waals surface area contributed by atoms with Crippen LogP contribution in [0.1, 0.15) is 35.5 Å². The van der Waals surface area contributed by atoms with E-state index < -0.39 is 0 Å². The summed E-state index contributed by atoms with van der Waals surface area (Å²) < 4.78 is 1.87. The summed E-state index contributed by atoms with van der Waals surface area (Å²) in [5, 5.41) is 10.9. The fourth-order valence-electron chi connectivity index (χ4n) is 3.05. The fraction of sp³-hybridized carbons (Fsp3) is 0.273. The van der Waals surface area contributed by atoms with Crippen molar-refractivity contribution in [3.8, 4) is 5.69 Å². The van der Waals surface area contributed by atoms with Gasteiger partial charge in [-0.2, -0.15) is 5.10 Å². The Bertz CT molecular complexity index is 913. The Hall–Kier alpha value is -2.92. The lowest BCUT2D eigenvalue weighted by Crippen LogP contribution is -2.30. The van der Waals surface area contributed by atoms with E-state index in [9.17, 15) is 4.79 Å². The molecule has 3 aromatic rings. The van der Waals surface area contributed by atoms with Gasteiger partial charge in [-0.1, -0.05) is 48.0 Å². The molecule has 3 rings (SSSR count). The Morgan fingerprint density at radius 2 is 1.70 bits per heavy atom. The first-order valence-corrected chi connectivity index (χ1v) is 9.17. The maximum Gasteiger partial charge on any atom is 0.238 e. The molecule has 1 heterocycles. The molecule has 0 aliphatic rings. The molecule has 140 valence electrons. The number of aryl methyl sites for hydroxylation is 2. The van der Waals surface area contributed by atoms with Crippen LogP contribution in [0.5, 0.6) is 0 Å². The molecule has 0 radical (unpaired) electrons. The highest BCUT2D eigenvalue weighted by Gasteiger charge is 2.15. The molecule has 0 aliphatic carbocycles. The van der Waals surface area contributed by atoms with Crippen LogP contribution >= 0.6 is 0 Å². The number of anilines is 1. The first-order chi connectivity index (χ1) is 13.0. The monoisotopic (exact) mass is 362 g/mol. The summed E-state index contributed by atoms with van der Waals surface area (Å²) >= 11 is 0. The van der Waals surface area contributed by atoms with Gasteiger partial charge in [0.15, 0.2) is 0 Å². The Kier molecular flexibility index (Phi) is 5.72. The van der Waals surface area contributed by atoms with Gasteiger partial charge < -0.3 is 10.6 Å². The van der Waals surface area contributed by atoms with Crippen molar-refractivity contribution < 1.29 is 4.79 Å². The number of rotatable bonds is 6. The highest BCUT2D eigenvalue weighted by Crippen LogP contribution is 2.23. The van der Waals surface area contributed by atoms with E-state index in [2.05, 4.69) is 53.8 Å². The Labute approximate surface area is 160 Å². The maximum absolute atomic E-state index is 12.4. The summed E-state index contributed by atoms with van der Waals surface area (Å²) in [7, 11) is 0. The van der Waals surface area contributed by atoms with Crippen LogP contribution in [0.2, 0.25) is 0 Å². The Balaban J connectivity index is 1.67. The van der Waals surface area contributed by atoms with Crippen LogP contribution in [-0.2, 0) is 4.79 Å². The molecule has 2 N–H and O–H groups in total. The van der Waals surface area contributed by atoms with Crippen molar-refractivity contribution >= 4 is 11.6 Å². The second-order valence-electron chi connectivity index (χ2n) is 6.85. The van der Waals surface area contributed by atoms with Crippen LogP contribution in [0.25, 0.3) is 5.69 Å². The zero-order valence-corrected chi connectivity index (χ0v) is 16.3. The first-order valence-electron chi connectivity index (χ1n) is 9.17. The number of aromatic nitrogens is 2. The van der Waals surface area contributed by atoms with Gasteiger partial charge in [0, 0.05) is 6.04 Å². The van der Waals surface area contributed by atoms with Gasteiger partial charge >= 0.3 is 0 Å². The molecule has 0 aliphatic heterocycles. The average molecular weight is 362 g/mol. The first kappa shape index (κ1) is 18.9. The zero-order chi connectivity index (χ0) is 19.4. The van der Waals surface area contributed by atoms with Crippen molar-refractivity contribution in [1.82, 2.24) is 15.1 Å². The van der Waals surface area contributed by atoms with Crippen LogP contribution in [0, 0.1) is 20.8 Å². The third kappa shape index (κ3) is 4.44. The molecule has 0 bridgehead atoms. The predicted molar refractivity (Wildman–Crippen MR) is 109 cm³/mol. The van der Waals surface area contributed by atoms with Crippen molar-refractivity contribution in [1.29, 1.82) is 0 Å². The van der Waals surface area contributed by atoms with E-state index in [0.717, 1.165) is 28.3 Å². The van der Waals surface area contributed by atoms with Gasteiger partial charge in [-0.3, -0.25) is 4.79 Å². The Morgan fingerprint density at radius 1 is 1.04 bits per heavy atom. The second kappa shape index (κ2) is 8.18. The molecule has 0 saturated heterocycles. The van der Waals surface area contributed by atoms with Gasteiger partial charge in [-0.05, 0) is 45.4 Å². The number of amides is 1. The summed E-state index contributed by atoms with van der Waals surface area (Å²) in [4.78, 5) is 12.4. The lowest BCUT2D eigenvalue weighted by atomic mass is 10.1. The third-order valence-electron chi connectivity index (χ3n) is 4.70. The van der Waals surface area contributed by atoms with E-state index in [-0.39, 0.29) is 18.5 Å². The number of carbonyl (C=O) groups excluding carboxylic acids is 1. The molecule has 0 fully saturated rings. The highest BCUT2D eigenvalue weighted by molar-refractivity contribution is 5.93. The minimum Gasteiger partial charge on any atom is -0.322 e. The summed E-state index contributed by atoms with van der Waals surface area (Å²) in [5.74, 6) is -0.0764. The minimum atomic E-state index is -0.0764. The number of nitrogens with zero attached hydrogens (tertiary/aromatic N) is 2. The molecule has 5 nitrogen and oxygen atoms in total. The number of carbonyl (C=O) groups is 1. The lowest BCUT2D eigenvalue weighted by molar-refractivity contribution is -0.115. The van der Waals surface area contributed by atoms with E-state index in [1.54, 1.807) is 0 Å². The van der Waals surface area contributed by atoms with Crippen LogP contribution < -0.4 is 10.6 Å². The largest absolute Gasteiger partial charge is 0.322 e. The van der Waals surface area contributed by atoms with Gasteiger partial charge in [0.2, 0.25) is 5.91 Å². The molecule has 0 spiro atoms. The SMILES string of the molecule is Cc1ccc(-n2nc(C)c(NC(=O)CN[C@H](C)c3ccccc3)c2C)cc1. The summed E-state index contributed by atoms with van der Waals surface area (Å²) in [6.07, 6.45) is 0. The standard InChI is InChI=1S/C22H26N4O/c1-15-10-12-20(13-11-15)26-18(4)22(17(3)25-26)24-21(27)14-23-16(2)19-8-6-5-7-9-19/h5-13,16,23H,14H2,1-4H3,(H,24,27)/t16-/m1/s1. The predicted octanol–water partition coefficient (Wildman–Crippen LogP) is 4.09. The van der Waals surface area contributed by atoms with Crippen molar-refractivity contribution in [3.63, 3.8) is 0 Å². The minimum absolute atomic E-state index is 0.0764. The van der Waals surface area contributed by atoms with Crippen LogP contribution in [0.3, 0.4) is 0 Å². The molecule has 27 heavy (non-hydrogen) atoms. The van der Waals surface area contributed by atoms with E-state index >= 15 is 0 Å². The van der Waals surface area contributed by atoms with Gasteiger partial charge in [0.1, 0.15) is 0 Å². The lowest BCUT2D eigenvalue weighted by Gasteiger charge is -2.14. The van der Waals surface area contributed by atoms with Crippen molar-refractivity contribution in [3.05, 3.63) is 77.1 Å². The molecule has 2 aromatic carbocycles. The topological polar surface area (TPSA) is 59.0 Å². The fourth-order valence-corrected chi connectivity index (χ4v) is 3.05. The third-order valence-corrected chi connectivity index (χ3v) is 4.70. The molecular formula is C22H26N4O. The molecule has 0 saturated carbocycles. The molecule has 0 unspecified atom stereocenters. The number of hydrogen-bond acceptors (Lipinski definition) is 3. The molecule has 1 aromatic heterocycles. The smallest absolute Gasteiger partial charge is 0.238 e. The molecular weight excluding hydrogens is 336 g/mol. The summed E-state index contributed by atoms with van der Waals surface area (Å²) in [6.45, 7) is 8.22. The molecule has 1 atom stereocenters. The van der Waals surface area contributed by atoms with Gasteiger partial charge in [0.25, 0.3) is 0 Å².